The van der Waals surface area contributed by atoms with E-state index in [1.165, 1.54) is 9.64 Å². The predicted octanol–water partition coefficient (Wildman–Crippen LogP) is 4.05. The van der Waals surface area contributed by atoms with Crippen LogP contribution in [0.1, 0.15) is 22.7 Å². The summed E-state index contributed by atoms with van der Waals surface area (Å²) in [6.45, 7) is 1.98. The lowest BCUT2D eigenvalue weighted by Crippen LogP contribution is -2.19. The van der Waals surface area contributed by atoms with Gasteiger partial charge in [0.2, 0.25) is 0 Å². The van der Waals surface area contributed by atoms with Gasteiger partial charge >= 0.3 is 0 Å². The zero-order valence-corrected chi connectivity index (χ0v) is 12.5. The molecule has 0 radical (unpaired) electrons. The van der Waals surface area contributed by atoms with Crippen LogP contribution in [0.4, 0.5) is 4.39 Å². The van der Waals surface area contributed by atoms with E-state index in [1.807, 2.05) is 44.3 Å². The fourth-order valence-corrected chi connectivity index (χ4v) is 2.40. The van der Waals surface area contributed by atoms with Crippen LogP contribution < -0.4 is 5.32 Å². The Morgan fingerprint density at radius 2 is 1.78 bits per heavy atom. The zero-order chi connectivity index (χ0) is 13.1. The molecule has 1 unspecified atom stereocenters. The van der Waals surface area contributed by atoms with E-state index in [-0.39, 0.29) is 11.9 Å². The van der Waals surface area contributed by atoms with Gasteiger partial charge in [-0.1, -0.05) is 29.8 Å². The summed E-state index contributed by atoms with van der Waals surface area (Å²) in [7, 11) is 1.85. The maximum Gasteiger partial charge on any atom is 0.128 e. The third-order valence-electron chi connectivity index (χ3n) is 2.95. The smallest absolute Gasteiger partial charge is 0.128 e. The topological polar surface area (TPSA) is 12.0 Å². The molecule has 0 fully saturated rings. The van der Waals surface area contributed by atoms with Gasteiger partial charge in [-0.3, -0.25) is 0 Å². The molecule has 1 nitrogen and oxygen atoms in total. The predicted molar refractivity (Wildman–Crippen MR) is 81.2 cm³/mol. The summed E-state index contributed by atoms with van der Waals surface area (Å²) in [6.07, 6.45) is 0. The van der Waals surface area contributed by atoms with Crippen LogP contribution in [0.2, 0.25) is 0 Å². The molecule has 2 aromatic rings. The maximum absolute atomic E-state index is 13.9. The van der Waals surface area contributed by atoms with Gasteiger partial charge in [0.25, 0.3) is 0 Å². The van der Waals surface area contributed by atoms with E-state index in [1.54, 1.807) is 6.07 Å². The average Bonchev–Trinajstić information content (AvgIpc) is 2.37. The summed E-state index contributed by atoms with van der Waals surface area (Å²) in [5, 5.41) is 3.18. The first-order chi connectivity index (χ1) is 8.61. The van der Waals surface area contributed by atoms with Crippen molar-refractivity contribution in [2.45, 2.75) is 13.0 Å². The van der Waals surface area contributed by atoms with Gasteiger partial charge < -0.3 is 5.32 Å². The lowest BCUT2D eigenvalue weighted by Gasteiger charge is -2.18. The van der Waals surface area contributed by atoms with Gasteiger partial charge in [-0.15, -0.1) is 0 Å². The number of hydrogen-bond donors (Lipinski definition) is 1. The number of nitrogens with one attached hydrogen (secondary N) is 1. The van der Waals surface area contributed by atoms with Crippen molar-refractivity contribution in [2.24, 2.45) is 0 Å². The van der Waals surface area contributed by atoms with Crippen molar-refractivity contribution >= 4 is 22.6 Å². The fraction of sp³-hybridized carbons (Fsp3) is 0.200. The molecule has 18 heavy (non-hydrogen) atoms. The quantitative estimate of drug-likeness (QED) is 0.820. The number of rotatable bonds is 3. The Morgan fingerprint density at radius 1 is 1.11 bits per heavy atom. The van der Waals surface area contributed by atoms with Crippen LogP contribution in [0.25, 0.3) is 0 Å². The van der Waals surface area contributed by atoms with E-state index in [0.29, 0.717) is 5.56 Å². The second kappa shape index (κ2) is 5.80. The molecule has 0 amide bonds. The van der Waals surface area contributed by atoms with E-state index < -0.39 is 0 Å². The SMILES string of the molecule is CNC(c1ccc(I)cc1)c1cc(C)ccc1F. The Balaban J connectivity index is 2.44. The Morgan fingerprint density at radius 3 is 2.39 bits per heavy atom. The van der Waals surface area contributed by atoms with Crippen molar-refractivity contribution in [3.05, 3.63) is 68.5 Å². The highest BCUT2D eigenvalue weighted by Crippen LogP contribution is 2.25. The summed E-state index contributed by atoms with van der Waals surface area (Å²) in [6, 6.07) is 13.2. The van der Waals surface area contributed by atoms with E-state index in [4.69, 9.17) is 0 Å². The molecule has 3 heteroatoms. The molecule has 0 spiro atoms. The summed E-state index contributed by atoms with van der Waals surface area (Å²) < 4.78 is 15.1. The second-order valence-electron chi connectivity index (χ2n) is 4.30. The summed E-state index contributed by atoms with van der Waals surface area (Å²) >= 11 is 2.26. The van der Waals surface area contributed by atoms with E-state index in [9.17, 15) is 4.39 Å². The van der Waals surface area contributed by atoms with E-state index in [0.717, 1.165) is 11.1 Å². The highest BCUT2D eigenvalue weighted by molar-refractivity contribution is 14.1. The summed E-state index contributed by atoms with van der Waals surface area (Å²) in [4.78, 5) is 0. The number of halogens is 2. The lowest BCUT2D eigenvalue weighted by atomic mass is 9.97. The van der Waals surface area contributed by atoms with Gasteiger partial charge in [-0.25, -0.2) is 4.39 Å². The Kier molecular flexibility index (Phi) is 4.35. The first kappa shape index (κ1) is 13.5. The summed E-state index contributed by atoms with van der Waals surface area (Å²) in [5.41, 5.74) is 2.83. The molecule has 0 aromatic heterocycles. The first-order valence-corrected chi connectivity index (χ1v) is 6.88. The summed E-state index contributed by atoms with van der Waals surface area (Å²) in [5.74, 6) is -0.168. The minimum absolute atomic E-state index is 0.109. The van der Waals surface area contributed by atoms with Crippen LogP contribution in [0.5, 0.6) is 0 Å². The largest absolute Gasteiger partial charge is 0.309 e. The van der Waals surface area contributed by atoms with Gasteiger partial charge in [0.05, 0.1) is 6.04 Å². The van der Waals surface area contributed by atoms with Gasteiger partial charge in [0.1, 0.15) is 5.82 Å². The van der Waals surface area contributed by atoms with Gasteiger partial charge in [-0.2, -0.15) is 0 Å². The normalized spacial score (nSPS) is 12.4. The number of aryl methyl sites for hydroxylation is 1. The van der Waals surface area contributed by atoms with Crippen molar-refractivity contribution in [3.8, 4) is 0 Å². The molecule has 0 aliphatic heterocycles. The fourth-order valence-electron chi connectivity index (χ4n) is 2.04. The van der Waals surface area contributed by atoms with Crippen LogP contribution in [-0.2, 0) is 0 Å². The molecule has 94 valence electrons. The van der Waals surface area contributed by atoms with Crippen molar-refractivity contribution < 1.29 is 4.39 Å². The molecule has 0 saturated heterocycles. The molecule has 0 saturated carbocycles. The van der Waals surface area contributed by atoms with Crippen molar-refractivity contribution in [2.75, 3.05) is 7.05 Å². The standard InChI is InChI=1S/C15H15FIN/c1-10-3-8-14(16)13(9-10)15(18-2)11-4-6-12(17)7-5-11/h3-9,15,18H,1-2H3. The number of benzene rings is 2. The molecule has 2 aromatic carbocycles. The molecular formula is C15H15FIN. The van der Waals surface area contributed by atoms with Crippen molar-refractivity contribution in [3.63, 3.8) is 0 Å². The van der Waals surface area contributed by atoms with Crippen LogP contribution in [0.15, 0.2) is 42.5 Å². The van der Waals surface area contributed by atoms with Crippen LogP contribution >= 0.6 is 22.6 Å². The Labute approximate surface area is 121 Å². The van der Waals surface area contributed by atoms with Gasteiger partial charge in [0, 0.05) is 9.13 Å². The molecular weight excluding hydrogens is 340 g/mol. The van der Waals surface area contributed by atoms with E-state index >= 15 is 0 Å². The molecule has 1 atom stereocenters. The molecule has 2 rings (SSSR count). The minimum atomic E-state index is -0.168. The second-order valence-corrected chi connectivity index (χ2v) is 5.54. The lowest BCUT2D eigenvalue weighted by molar-refractivity contribution is 0.575. The monoisotopic (exact) mass is 355 g/mol. The van der Waals surface area contributed by atoms with Crippen LogP contribution in [-0.4, -0.2) is 7.05 Å². The van der Waals surface area contributed by atoms with Crippen molar-refractivity contribution in [1.29, 1.82) is 0 Å². The number of hydrogen-bond acceptors (Lipinski definition) is 1. The van der Waals surface area contributed by atoms with Crippen LogP contribution in [0, 0.1) is 16.3 Å². The molecule has 0 aliphatic carbocycles. The average molecular weight is 355 g/mol. The highest BCUT2D eigenvalue weighted by atomic mass is 127. The van der Waals surface area contributed by atoms with E-state index in [2.05, 4.69) is 27.9 Å². The first-order valence-electron chi connectivity index (χ1n) is 5.80. The Hall–Kier alpha value is -0.940. The zero-order valence-electron chi connectivity index (χ0n) is 10.4. The van der Waals surface area contributed by atoms with Crippen molar-refractivity contribution in [1.82, 2.24) is 5.32 Å². The molecule has 0 heterocycles. The Bertz CT molecular complexity index is 537. The third kappa shape index (κ3) is 2.90. The molecule has 0 bridgehead atoms. The molecule has 1 N–H and O–H groups in total. The van der Waals surface area contributed by atoms with Crippen LogP contribution in [0.3, 0.4) is 0 Å². The third-order valence-corrected chi connectivity index (χ3v) is 3.67. The van der Waals surface area contributed by atoms with Gasteiger partial charge in [-0.05, 0) is 60.3 Å². The van der Waals surface area contributed by atoms with Gasteiger partial charge in [0.15, 0.2) is 0 Å². The molecule has 0 aliphatic rings. The highest BCUT2D eigenvalue weighted by Gasteiger charge is 2.16. The maximum atomic E-state index is 13.9. The minimum Gasteiger partial charge on any atom is -0.309 e.